The Hall–Kier alpha value is -2.74. The molecule has 28 heavy (non-hydrogen) atoms. The lowest BCUT2D eigenvalue weighted by Gasteiger charge is -2.20. The summed E-state index contributed by atoms with van der Waals surface area (Å²) >= 11 is 0. The van der Waals surface area contributed by atoms with E-state index in [0.29, 0.717) is 22.9 Å². The minimum absolute atomic E-state index is 0.139. The van der Waals surface area contributed by atoms with E-state index in [0.717, 1.165) is 31.6 Å². The van der Waals surface area contributed by atoms with Crippen LogP contribution in [-0.4, -0.2) is 56.5 Å². The van der Waals surface area contributed by atoms with Gasteiger partial charge in [-0.05, 0) is 26.3 Å². The molecule has 3 rings (SSSR count). The van der Waals surface area contributed by atoms with Crippen LogP contribution in [-0.2, 0) is 4.79 Å². The molecule has 0 saturated carbocycles. The highest BCUT2D eigenvalue weighted by Gasteiger charge is 2.25. The Kier molecular flexibility index (Phi) is 6.08. The fourth-order valence-electron chi connectivity index (χ4n) is 3.55. The van der Waals surface area contributed by atoms with Crippen molar-refractivity contribution >= 4 is 28.8 Å². The third-order valence-corrected chi connectivity index (χ3v) is 4.98. The van der Waals surface area contributed by atoms with Crippen molar-refractivity contribution in [2.75, 3.05) is 25.4 Å². The fourth-order valence-corrected chi connectivity index (χ4v) is 3.55. The van der Waals surface area contributed by atoms with Gasteiger partial charge < -0.3 is 16.2 Å². The quantitative estimate of drug-likeness (QED) is 0.540. The number of anilines is 1. The highest BCUT2D eigenvalue weighted by atomic mass is 16.3. The average Bonchev–Trinajstić information content (AvgIpc) is 3.03. The molecule has 2 heterocycles. The second kappa shape index (κ2) is 8.52. The van der Waals surface area contributed by atoms with Crippen LogP contribution in [0.25, 0.3) is 0 Å². The van der Waals surface area contributed by atoms with Gasteiger partial charge in [-0.3, -0.25) is 4.79 Å². The zero-order chi connectivity index (χ0) is 20.3. The normalized spacial score (nSPS) is 24.0. The van der Waals surface area contributed by atoms with Crippen molar-refractivity contribution in [3.63, 3.8) is 0 Å². The number of carbonyl (C=O) groups excluding carboxylic acids is 1. The molecule has 1 fully saturated rings. The molecule has 2 aliphatic rings. The summed E-state index contributed by atoms with van der Waals surface area (Å²) in [6.07, 6.45) is 9.53. The molecular formula is C20H29N6O2+. The number of amides is 1. The molecule has 1 atom stereocenters. The number of nitrogens with zero attached hydrogens (tertiary/aromatic N) is 4. The van der Waals surface area contributed by atoms with E-state index >= 15 is 0 Å². The van der Waals surface area contributed by atoms with Gasteiger partial charge in [0.15, 0.2) is 0 Å². The standard InChI is InChI=1S/C20H28N6O2/c1-13(2)26-20(21)19(10-22-26)24-17-7-6-16(9-18(17)23-14(3)28)25-8-4-5-15(11-25)12-27/h6-7,9-10,13,15,27H,4-5,8,11-12H2,1-3H3,(H2,21,22,23,28)/p+1. The minimum Gasteiger partial charge on any atom is -0.396 e. The Labute approximate surface area is 165 Å². The molecular weight excluding hydrogens is 356 g/mol. The molecule has 0 spiro atoms. The highest BCUT2D eigenvalue weighted by molar-refractivity contribution is 6.21. The van der Waals surface area contributed by atoms with Crippen molar-refractivity contribution in [1.82, 2.24) is 15.1 Å². The molecule has 150 valence electrons. The van der Waals surface area contributed by atoms with Crippen molar-refractivity contribution < 1.29 is 14.5 Å². The van der Waals surface area contributed by atoms with Gasteiger partial charge in [0, 0.05) is 37.5 Å². The first kappa shape index (κ1) is 20.0. The van der Waals surface area contributed by atoms with Crippen molar-refractivity contribution in [3.8, 4) is 0 Å². The molecule has 8 nitrogen and oxygen atoms in total. The lowest BCUT2D eigenvalue weighted by molar-refractivity contribution is -0.545. The van der Waals surface area contributed by atoms with Crippen LogP contribution in [0, 0.1) is 5.92 Å². The zero-order valence-electron chi connectivity index (χ0n) is 16.7. The molecule has 1 saturated heterocycles. The fraction of sp³-hybridized carbons (Fsp3) is 0.500. The van der Waals surface area contributed by atoms with E-state index in [-0.39, 0.29) is 24.5 Å². The van der Waals surface area contributed by atoms with Gasteiger partial charge in [-0.25, -0.2) is 14.2 Å². The van der Waals surface area contributed by atoms with E-state index in [9.17, 15) is 9.90 Å². The van der Waals surface area contributed by atoms with Crippen molar-refractivity contribution in [1.29, 1.82) is 0 Å². The molecule has 0 radical (unpaired) electrons. The van der Waals surface area contributed by atoms with Crippen LogP contribution >= 0.6 is 0 Å². The molecule has 1 aliphatic heterocycles. The maximum atomic E-state index is 11.7. The number of allylic oxidation sites excluding steroid dienone is 3. The Bertz CT molecular complexity index is 875. The summed E-state index contributed by atoms with van der Waals surface area (Å²) in [6.45, 7) is 7.42. The SMILES string of the molecule is CC(=O)NC1=CC(=[N+]2\CCCC(CO)C2)/C=CC/1=N/c1cnn(C(C)C)c1N. The van der Waals surface area contributed by atoms with E-state index in [4.69, 9.17) is 5.73 Å². The monoisotopic (exact) mass is 385 g/mol. The second-order valence-corrected chi connectivity index (χ2v) is 7.58. The summed E-state index contributed by atoms with van der Waals surface area (Å²) in [7, 11) is 0. The lowest BCUT2D eigenvalue weighted by atomic mass is 9.99. The summed E-state index contributed by atoms with van der Waals surface area (Å²) in [4.78, 5) is 16.4. The molecule has 0 aromatic carbocycles. The molecule has 1 aromatic rings. The number of piperidine rings is 1. The van der Waals surface area contributed by atoms with Gasteiger partial charge in [0.25, 0.3) is 0 Å². The molecule has 1 unspecified atom stereocenters. The summed E-state index contributed by atoms with van der Waals surface area (Å²) in [5, 5.41) is 16.6. The Morgan fingerprint density at radius 1 is 1.50 bits per heavy atom. The Balaban J connectivity index is 1.95. The number of aliphatic imine (C=N–C) groups is 1. The van der Waals surface area contributed by atoms with Gasteiger partial charge in [-0.1, -0.05) is 0 Å². The lowest BCUT2D eigenvalue weighted by Crippen LogP contribution is -2.35. The van der Waals surface area contributed by atoms with Gasteiger partial charge in [-0.15, -0.1) is 0 Å². The third-order valence-electron chi connectivity index (χ3n) is 4.98. The number of hydrogen-bond donors (Lipinski definition) is 3. The van der Waals surface area contributed by atoms with Crippen molar-refractivity contribution in [3.05, 3.63) is 30.1 Å². The number of carbonyl (C=O) groups is 1. The summed E-state index contributed by atoms with van der Waals surface area (Å²) in [5.41, 5.74) is 9.01. The third kappa shape index (κ3) is 4.39. The smallest absolute Gasteiger partial charge is 0.221 e. The molecule has 0 bridgehead atoms. The first-order valence-electron chi connectivity index (χ1n) is 9.71. The maximum absolute atomic E-state index is 11.7. The zero-order valence-corrected chi connectivity index (χ0v) is 16.7. The van der Waals surface area contributed by atoms with Crippen LogP contribution in [0.1, 0.15) is 39.7 Å². The number of nitrogens with two attached hydrogens (primary N) is 1. The molecule has 1 aliphatic carbocycles. The van der Waals surface area contributed by atoms with Crippen LogP contribution in [0.15, 0.2) is 35.1 Å². The summed E-state index contributed by atoms with van der Waals surface area (Å²) < 4.78 is 3.96. The van der Waals surface area contributed by atoms with E-state index in [1.54, 1.807) is 10.9 Å². The van der Waals surface area contributed by atoms with Gasteiger partial charge in [0.1, 0.15) is 24.6 Å². The maximum Gasteiger partial charge on any atom is 0.221 e. The number of aliphatic hydroxyl groups is 1. The predicted molar refractivity (Wildman–Crippen MR) is 110 cm³/mol. The van der Waals surface area contributed by atoms with Crippen LogP contribution in [0.4, 0.5) is 11.5 Å². The molecule has 8 heteroatoms. The van der Waals surface area contributed by atoms with Crippen LogP contribution in [0.3, 0.4) is 0 Å². The van der Waals surface area contributed by atoms with E-state index in [2.05, 4.69) is 20.0 Å². The minimum atomic E-state index is -0.161. The summed E-state index contributed by atoms with van der Waals surface area (Å²) in [6, 6.07) is 0.139. The van der Waals surface area contributed by atoms with Gasteiger partial charge in [0.2, 0.25) is 11.6 Å². The van der Waals surface area contributed by atoms with Gasteiger partial charge in [0.05, 0.1) is 24.2 Å². The van der Waals surface area contributed by atoms with E-state index < -0.39 is 0 Å². The topological polar surface area (TPSA) is 109 Å². The summed E-state index contributed by atoms with van der Waals surface area (Å²) in [5.74, 6) is 0.616. The number of rotatable bonds is 4. The highest BCUT2D eigenvalue weighted by Crippen LogP contribution is 2.25. The van der Waals surface area contributed by atoms with Crippen LogP contribution in [0.2, 0.25) is 0 Å². The van der Waals surface area contributed by atoms with Gasteiger partial charge in [-0.2, -0.15) is 5.10 Å². The molecule has 4 N–H and O–H groups in total. The largest absolute Gasteiger partial charge is 0.396 e. The van der Waals surface area contributed by atoms with Gasteiger partial charge >= 0.3 is 0 Å². The van der Waals surface area contributed by atoms with Crippen molar-refractivity contribution in [2.24, 2.45) is 10.9 Å². The number of aliphatic hydroxyl groups excluding tert-OH is 1. The predicted octanol–water partition coefficient (Wildman–Crippen LogP) is 1.56. The number of hydrogen-bond acceptors (Lipinski definition) is 5. The van der Waals surface area contributed by atoms with Crippen molar-refractivity contribution in [2.45, 2.75) is 39.7 Å². The van der Waals surface area contributed by atoms with E-state index in [1.807, 2.05) is 32.1 Å². The van der Waals surface area contributed by atoms with Crippen LogP contribution < -0.4 is 11.1 Å². The molecule has 1 aromatic heterocycles. The first-order chi connectivity index (χ1) is 13.4. The molecule has 1 amide bonds. The number of aromatic nitrogens is 2. The van der Waals surface area contributed by atoms with Crippen LogP contribution in [0.5, 0.6) is 0 Å². The second-order valence-electron chi connectivity index (χ2n) is 7.58. The van der Waals surface area contributed by atoms with E-state index in [1.165, 1.54) is 6.92 Å². The number of nitrogen functional groups attached to an aromatic ring is 1. The Morgan fingerprint density at radius 2 is 2.29 bits per heavy atom. The average molecular weight is 385 g/mol. The Morgan fingerprint density at radius 3 is 2.93 bits per heavy atom. The first-order valence-corrected chi connectivity index (χ1v) is 9.71. The number of nitrogens with one attached hydrogen (secondary N) is 1.